The van der Waals surface area contributed by atoms with Gasteiger partial charge in [-0.1, -0.05) is 58.7 Å². The van der Waals surface area contributed by atoms with Crippen LogP contribution in [0.5, 0.6) is 0 Å². The Morgan fingerprint density at radius 2 is 1.86 bits per heavy atom. The average molecular weight is 363 g/mol. The maximum absolute atomic E-state index is 6.04. The zero-order valence-electron chi connectivity index (χ0n) is 11.4. The summed E-state index contributed by atoms with van der Waals surface area (Å²) in [6.07, 6.45) is 0.746. The van der Waals surface area contributed by atoms with Crippen LogP contribution in [0.25, 0.3) is 10.8 Å². The van der Waals surface area contributed by atoms with Crippen molar-refractivity contribution in [3.63, 3.8) is 0 Å². The number of hydrogen-bond acceptors (Lipinski definition) is 3. The van der Waals surface area contributed by atoms with Gasteiger partial charge in [-0.05, 0) is 17.5 Å². The summed E-state index contributed by atoms with van der Waals surface area (Å²) in [5.74, 6) is 1.44. The van der Waals surface area contributed by atoms with Gasteiger partial charge in [0, 0.05) is 28.0 Å². The lowest BCUT2D eigenvalue weighted by molar-refractivity contribution is 0.943. The van der Waals surface area contributed by atoms with Gasteiger partial charge in [-0.15, -0.1) is 0 Å². The number of nitrogens with one attached hydrogen (secondary N) is 1. The molecule has 21 heavy (non-hydrogen) atoms. The zero-order valence-corrected chi connectivity index (χ0v) is 13.7. The Morgan fingerprint density at radius 1 is 1.10 bits per heavy atom. The van der Waals surface area contributed by atoms with Crippen LogP contribution in [0.3, 0.4) is 0 Å². The van der Waals surface area contributed by atoms with Crippen molar-refractivity contribution in [1.29, 1.82) is 0 Å². The van der Waals surface area contributed by atoms with Crippen LogP contribution in [0.2, 0.25) is 5.15 Å². The highest BCUT2D eigenvalue weighted by Crippen LogP contribution is 2.31. The van der Waals surface area contributed by atoms with Crippen LogP contribution in [0.1, 0.15) is 12.7 Å². The fraction of sp³-hybridized carbons (Fsp3) is 0.125. The Hall–Kier alpha value is -1.65. The molecular formula is C16H13BrClN3. The van der Waals surface area contributed by atoms with Gasteiger partial charge in [0.2, 0.25) is 0 Å². The minimum atomic E-state index is 0.450. The second-order valence-corrected chi connectivity index (χ2v) is 5.85. The highest BCUT2D eigenvalue weighted by Gasteiger charge is 2.07. The summed E-state index contributed by atoms with van der Waals surface area (Å²) in [6, 6.07) is 14.0. The second kappa shape index (κ2) is 6.00. The molecule has 0 aliphatic carbocycles. The molecule has 5 heteroatoms. The van der Waals surface area contributed by atoms with Crippen LogP contribution in [0, 0.1) is 0 Å². The van der Waals surface area contributed by atoms with Gasteiger partial charge in [0.25, 0.3) is 0 Å². The van der Waals surface area contributed by atoms with Gasteiger partial charge in [0.05, 0.1) is 0 Å². The largest absolute Gasteiger partial charge is 0.340 e. The van der Waals surface area contributed by atoms with E-state index >= 15 is 0 Å². The van der Waals surface area contributed by atoms with E-state index in [-0.39, 0.29) is 0 Å². The molecule has 0 unspecified atom stereocenters. The molecule has 0 saturated heterocycles. The number of rotatable bonds is 3. The molecule has 3 nitrogen and oxygen atoms in total. The monoisotopic (exact) mass is 361 g/mol. The van der Waals surface area contributed by atoms with Gasteiger partial charge in [0.1, 0.15) is 16.8 Å². The van der Waals surface area contributed by atoms with Crippen molar-refractivity contribution in [1.82, 2.24) is 9.97 Å². The van der Waals surface area contributed by atoms with Crippen LogP contribution in [-0.4, -0.2) is 9.97 Å². The van der Waals surface area contributed by atoms with Crippen LogP contribution in [0.15, 0.2) is 46.9 Å². The van der Waals surface area contributed by atoms with Crippen molar-refractivity contribution in [2.75, 3.05) is 5.32 Å². The minimum absolute atomic E-state index is 0.450. The fourth-order valence-corrected chi connectivity index (χ4v) is 2.87. The lowest BCUT2D eigenvalue weighted by atomic mass is 10.1. The van der Waals surface area contributed by atoms with Crippen molar-refractivity contribution in [3.8, 4) is 0 Å². The van der Waals surface area contributed by atoms with Gasteiger partial charge >= 0.3 is 0 Å². The molecule has 1 heterocycles. The topological polar surface area (TPSA) is 37.8 Å². The molecule has 3 aromatic rings. The minimum Gasteiger partial charge on any atom is -0.340 e. The first-order valence-electron chi connectivity index (χ1n) is 6.65. The quantitative estimate of drug-likeness (QED) is 0.638. The Labute approximate surface area is 136 Å². The Kier molecular flexibility index (Phi) is 4.08. The number of halogens is 2. The van der Waals surface area contributed by atoms with E-state index < -0.39 is 0 Å². The maximum Gasteiger partial charge on any atom is 0.135 e. The maximum atomic E-state index is 6.04. The first kappa shape index (κ1) is 14.3. The molecule has 1 N–H and O–H groups in total. The lowest BCUT2D eigenvalue weighted by Gasteiger charge is -2.11. The standard InChI is InChI=1S/C16H13BrClN3/c1-2-15-20-14(18)9-16(21-15)19-13-8-7-12(17)10-5-3-4-6-11(10)13/h3-9H,2H2,1H3,(H,19,20,21). The Bertz CT molecular complexity index is 805. The third kappa shape index (κ3) is 3.01. The first-order chi connectivity index (χ1) is 10.2. The Balaban J connectivity index is 2.06. The zero-order chi connectivity index (χ0) is 14.8. The third-order valence-electron chi connectivity index (χ3n) is 3.19. The molecule has 106 valence electrons. The van der Waals surface area contributed by atoms with Gasteiger partial charge in [-0.2, -0.15) is 0 Å². The van der Waals surface area contributed by atoms with Crippen molar-refractivity contribution in [2.45, 2.75) is 13.3 Å². The number of fused-ring (bicyclic) bond motifs is 1. The molecule has 0 spiro atoms. The average Bonchev–Trinajstić information content (AvgIpc) is 2.50. The van der Waals surface area contributed by atoms with Crippen LogP contribution in [-0.2, 0) is 6.42 Å². The highest BCUT2D eigenvalue weighted by atomic mass is 79.9. The van der Waals surface area contributed by atoms with E-state index in [0.717, 1.165) is 33.2 Å². The van der Waals surface area contributed by atoms with Crippen molar-refractivity contribution in [2.24, 2.45) is 0 Å². The summed E-state index contributed by atoms with van der Waals surface area (Å²) < 4.78 is 1.07. The molecule has 2 aromatic carbocycles. The molecule has 0 bridgehead atoms. The molecule has 3 rings (SSSR count). The normalized spacial score (nSPS) is 10.8. The van der Waals surface area contributed by atoms with Gasteiger partial charge in [-0.3, -0.25) is 0 Å². The molecule has 0 amide bonds. The summed E-state index contributed by atoms with van der Waals surface area (Å²) in [5, 5.41) is 6.06. The van der Waals surface area contributed by atoms with Gasteiger partial charge in [-0.25, -0.2) is 9.97 Å². The van der Waals surface area contributed by atoms with E-state index in [4.69, 9.17) is 11.6 Å². The van der Waals surface area contributed by atoms with Crippen LogP contribution >= 0.6 is 27.5 Å². The molecule has 1 aromatic heterocycles. The second-order valence-electron chi connectivity index (χ2n) is 4.61. The number of nitrogens with zero attached hydrogens (tertiary/aromatic N) is 2. The van der Waals surface area contributed by atoms with E-state index in [1.165, 1.54) is 0 Å². The van der Waals surface area contributed by atoms with Gasteiger partial charge in [0.15, 0.2) is 0 Å². The van der Waals surface area contributed by atoms with Gasteiger partial charge < -0.3 is 5.32 Å². The highest BCUT2D eigenvalue weighted by molar-refractivity contribution is 9.10. The van der Waals surface area contributed by atoms with Crippen LogP contribution < -0.4 is 5.32 Å². The first-order valence-corrected chi connectivity index (χ1v) is 7.82. The summed E-state index contributed by atoms with van der Waals surface area (Å²) in [4.78, 5) is 8.64. The van der Waals surface area contributed by atoms with Crippen molar-refractivity contribution >= 4 is 49.8 Å². The number of aryl methyl sites for hydroxylation is 1. The SMILES string of the molecule is CCc1nc(Cl)cc(Nc2ccc(Br)c3ccccc23)n1. The fourth-order valence-electron chi connectivity index (χ4n) is 2.20. The van der Waals surface area contributed by atoms with E-state index in [1.54, 1.807) is 6.07 Å². The molecule has 0 saturated carbocycles. The number of benzene rings is 2. The molecule has 0 fully saturated rings. The van der Waals surface area contributed by atoms with E-state index in [0.29, 0.717) is 11.0 Å². The lowest BCUT2D eigenvalue weighted by Crippen LogP contribution is -2.00. The molecule has 0 radical (unpaired) electrons. The predicted octanol–water partition coefficient (Wildman–Crippen LogP) is 5.35. The number of aromatic nitrogens is 2. The van der Waals surface area contributed by atoms with Crippen LogP contribution in [0.4, 0.5) is 11.5 Å². The third-order valence-corrected chi connectivity index (χ3v) is 4.08. The van der Waals surface area contributed by atoms with E-state index in [1.807, 2.05) is 31.2 Å². The number of anilines is 2. The van der Waals surface area contributed by atoms with Crippen molar-refractivity contribution < 1.29 is 0 Å². The van der Waals surface area contributed by atoms with E-state index in [2.05, 4.69) is 43.3 Å². The van der Waals surface area contributed by atoms with E-state index in [9.17, 15) is 0 Å². The smallest absolute Gasteiger partial charge is 0.135 e. The van der Waals surface area contributed by atoms with Crippen molar-refractivity contribution in [3.05, 3.63) is 57.9 Å². The number of hydrogen-bond donors (Lipinski definition) is 1. The summed E-state index contributed by atoms with van der Waals surface area (Å²) >= 11 is 9.62. The Morgan fingerprint density at radius 3 is 2.62 bits per heavy atom. The summed E-state index contributed by atoms with van der Waals surface area (Å²) in [5.41, 5.74) is 0.991. The summed E-state index contributed by atoms with van der Waals surface area (Å²) in [7, 11) is 0. The molecule has 0 aliphatic rings. The summed E-state index contributed by atoms with van der Waals surface area (Å²) in [6.45, 7) is 2.00. The molecule has 0 aliphatic heterocycles. The predicted molar refractivity (Wildman–Crippen MR) is 91.4 cm³/mol. The molecular weight excluding hydrogens is 350 g/mol. The molecule has 0 atom stereocenters.